The summed E-state index contributed by atoms with van der Waals surface area (Å²) >= 11 is 0. The molecule has 0 amide bonds. The lowest BCUT2D eigenvalue weighted by Gasteiger charge is -2.61. The van der Waals surface area contributed by atoms with E-state index in [1.54, 1.807) is 5.70 Å². The molecule has 5 rings (SSSR count). The highest BCUT2D eigenvalue weighted by Crippen LogP contribution is 2.67. The molecule has 1 heterocycles. The topological polar surface area (TPSA) is 17.8 Å². The number of imidazole rings is 1. The van der Waals surface area contributed by atoms with Crippen LogP contribution in [0.15, 0.2) is 24.8 Å². The van der Waals surface area contributed by atoms with E-state index in [1.165, 1.54) is 77.0 Å². The van der Waals surface area contributed by atoms with E-state index in [0.29, 0.717) is 10.8 Å². The molecule has 4 aliphatic carbocycles. The molecule has 4 aliphatic rings. The second-order valence-corrected chi connectivity index (χ2v) is 11.5. The maximum absolute atomic E-state index is 4.36. The van der Waals surface area contributed by atoms with Gasteiger partial charge in [0.25, 0.3) is 0 Å². The van der Waals surface area contributed by atoms with Crippen molar-refractivity contribution in [3.05, 3.63) is 24.8 Å². The summed E-state index contributed by atoms with van der Waals surface area (Å²) in [5.41, 5.74) is 2.51. The molecule has 0 N–H and O–H groups in total. The highest BCUT2D eigenvalue weighted by molar-refractivity contribution is 5.56. The first-order chi connectivity index (χ1) is 14.1. The molecule has 0 spiro atoms. The summed E-state index contributed by atoms with van der Waals surface area (Å²) in [5, 5.41) is 0. The van der Waals surface area contributed by atoms with Crippen molar-refractivity contribution in [2.45, 2.75) is 97.8 Å². The van der Waals surface area contributed by atoms with Crippen molar-refractivity contribution in [1.82, 2.24) is 9.55 Å². The fourth-order valence-electron chi connectivity index (χ4n) is 8.88. The van der Waals surface area contributed by atoms with Gasteiger partial charge in [0.15, 0.2) is 0 Å². The smallest absolute Gasteiger partial charge is 0.0989 e. The first-order valence-electron chi connectivity index (χ1n) is 12.8. The summed E-state index contributed by atoms with van der Waals surface area (Å²) in [7, 11) is 0. The predicted molar refractivity (Wildman–Crippen MR) is 121 cm³/mol. The van der Waals surface area contributed by atoms with Crippen molar-refractivity contribution in [1.29, 1.82) is 0 Å². The molecule has 0 saturated heterocycles. The van der Waals surface area contributed by atoms with Gasteiger partial charge in [0.2, 0.25) is 0 Å². The Morgan fingerprint density at radius 1 is 1.07 bits per heavy atom. The second-order valence-electron chi connectivity index (χ2n) is 11.5. The number of unbranched alkanes of at least 4 members (excludes halogenated alkanes) is 1. The zero-order chi connectivity index (χ0) is 20.1. The van der Waals surface area contributed by atoms with Crippen LogP contribution in [0, 0.1) is 40.4 Å². The molecule has 7 unspecified atom stereocenters. The van der Waals surface area contributed by atoms with Gasteiger partial charge >= 0.3 is 0 Å². The van der Waals surface area contributed by atoms with Crippen LogP contribution in [0.4, 0.5) is 0 Å². The summed E-state index contributed by atoms with van der Waals surface area (Å²) in [5.74, 6) is 4.75. The van der Waals surface area contributed by atoms with Crippen molar-refractivity contribution in [2.75, 3.05) is 0 Å². The number of allylic oxidation sites excluding steroid dienone is 2. The first-order valence-corrected chi connectivity index (χ1v) is 12.8. The molecule has 0 aliphatic heterocycles. The maximum Gasteiger partial charge on any atom is 0.0989 e. The highest BCUT2D eigenvalue weighted by atomic mass is 15.1. The fraction of sp³-hybridized carbons (Fsp3) is 0.815. The first kappa shape index (κ1) is 19.9. The van der Waals surface area contributed by atoms with E-state index in [1.807, 2.05) is 12.5 Å². The third kappa shape index (κ3) is 3.07. The number of rotatable bonds is 4. The minimum Gasteiger partial charge on any atom is -0.310 e. The maximum atomic E-state index is 4.36. The Labute approximate surface area is 178 Å². The molecule has 1 aromatic rings. The van der Waals surface area contributed by atoms with E-state index < -0.39 is 0 Å². The van der Waals surface area contributed by atoms with Crippen LogP contribution in [0.3, 0.4) is 0 Å². The summed E-state index contributed by atoms with van der Waals surface area (Å²) in [6.45, 7) is 7.73. The van der Waals surface area contributed by atoms with Crippen LogP contribution in [-0.2, 0) is 0 Å². The van der Waals surface area contributed by atoms with E-state index >= 15 is 0 Å². The summed E-state index contributed by atoms with van der Waals surface area (Å²) in [4.78, 5) is 4.36. The van der Waals surface area contributed by atoms with Crippen LogP contribution in [0.25, 0.3) is 5.70 Å². The van der Waals surface area contributed by atoms with Gasteiger partial charge < -0.3 is 4.57 Å². The average Bonchev–Trinajstić information content (AvgIpc) is 3.29. The Morgan fingerprint density at radius 3 is 2.76 bits per heavy atom. The van der Waals surface area contributed by atoms with Crippen molar-refractivity contribution >= 4 is 5.70 Å². The Balaban J connectivity index is 1.47. The zero-order valence-electron chi connectivity index (χ0n) is 19.1. The summed E-state index contributed by atoms with van der Waals surface area (Å²) in [6.07, 6.45) is 26.2. The van der Waals surface area contributed by atoms with Gasteiger partial charge in [-0.3, -0.25) is 0 Å². The van der Waals surface area contributed by atoms with Crippen LogP contribution < -0.4 is 0 Å². The molecule has 3 saturated carbocycles. The number of aromatic nitrogens is 2. The number of hydrogen-bond donors (Lipinski definition) is 0. The Kier molecular flexibility index (Phi) is 5.19. The lowest BCUT2D eigenvalue weighted by atomic mass is 9.44. The molecular formula is C27H42N2. The van der Waals surface area contributed by atoms with E-state index in [9.17, 15) is 0 Å². The van der Waals surface area contributed by atoms with Crippen molar-refractivity contribution in [2.24, 2.45) is 40.4 Å². The quantitative estimate of drug-likeness (QED) is 0.515. The van der Waals surface area contributed by atoms with Gasteiger partial charge in [-0.2, -0.15) is 0 Å². The fourth-order valence-corrected chi connectivity index (χ4v) is 8.88. The van der Waals surface area contributed by atoms with E-state index in [2.05, 4.69) is 42.6 Å². The highest BCUT2D eigenvalue weighted by Gasteiger charge is 2.59. The van der Waals surface area contributed by atoms with Gasteiger partial charge in [-0.05, 0) is 73.5 Å². The normalized spacial score (nSPS) is 44.4. The van der Waals surface area contributed by atoms with Crippen LogP contribution in [0.2, 0.25) is 0 Å². The van der Waals surface area contributed by atoms with E-state index in [4.69, 9.17) is 0 Å². The number of nitrogens with zero attached hydrogens (tertiary/aromatic N) is 2. The van der Waals surface area contributed by atoms with Crippen LogP contribution in [-0.4, -0.2) is 9.55 Å². The second kappa shape index (κ2) is 7.57. The lowest BCUT2D eigenvalue weighted by molar-refractivity contribution is -0.111. The van der Waals surface area contributed by atoms with Gasteiger partial charge in [-0.15, -0.1) is 0 Å². The number of fused-ring (bicyclic) bond motifs is 5. The SMILES string of the molecule is CCCCC1CC2C3CC=C(n4ccnc4)C3(C)CCC2C2(C)CCCCCC12. The van der Waals surface area contributed by atoms with Crippen LogP contribution in [0.1, 0.15) is 97.8 Å². The molecule has 0 bridgehead atoms. The molecule has 160 valence electrons. The molecular weight excluding hydrogens is 352 g/mol. The van der Waals surface area contributed by atoms with Crippen molar-refractivity contribution < 1.29 is 0 Å². The molecule has 2 heteroatoms. The average molecular weight is 395 g/mol. The minimum atomic E-state index is 0.352. The molecule has 2 nitrogen and oxygen atoms in total. The van der Waals surface area contributed by atoms with Crippen molar-refractivity contribution in [3.8, 4) is 0 Å². The van der Waals surface area contributed by atoms with Gasteiger partial charge in [0.05, 0.1) is 6.33 Å². The standard InChI is InChI=1S/C27H42N2/c1-4-5-9-20-18-21-23-11-12-25(29-17-16-28-19-29)27(23,3)15-13-24(21)26(2)14-8-6-7-10-22(20)26/h12,16-17,19-24H,4-11,13-15,18H2,1-3H3. The van der Waals surface area contributed by atoms with Gasteiger partial charge in [-0.1, -0.05) is 65.4 Å². The Hall–Kier alpha value is -1.05. The molecule has 0 aromatic carbocycles. The van der Waals surface area contributed by atoms with Gasteiger partial charge in [-0.25, -0.2) is 4.98 Å². The Morgan fingerprint density at radius 2 is 1.97 bits per heavy atom. The van der Waals surface area contributed by atoms with E-state index in [-0.39, 0.29) is 0 Å². The molecule has 29 heavy (non-hydrogen) atoms. The molecule has 7 atom stereocenters. The predicted octanol–water partition coefficient (Wildman–Crippen LogP) is 7.57. The zero-order valence-corrected chi connectivity index (χ0v) is 19.1. The van der Waals surface area contributed by atoms with Crippen molar-refractivity contribution in [3.63, 3.8) is 0 Å². The molecule has 1 aromatic heterocycles. The molecule has 0 radical (unpaired) electrons. The third-order valence-corrected chi connectivity index (χ3v) is 10.3. The third-order valence-electron chi connectivity index (χ3n) is 10.3. The monoisotopic (exact) mass is 394 g/mol. The molecule has 3 fully saturated rings. The number of hydrogen-bond acceptors (Lipinski definition) is 1. The summed E-state index contributed by atoms with van der Waals surface area (Å²) < 4.78 is 2.33. The van der Waals surface area contributed by atoms with Gasteiger partial charge in [0.1, 0.15) is 0 Å². The Bertz CT molecular complexity index is 734. The van der Waals surface area contributed by atoms with E-state index in [0.717, 1.165) is 29.6 Å². The minimum absolute atomic E-state index is 0.352. The lowest BCUT2D eigenvalue weighted by Crippen LogP contribution is -2.54. The van der Waals surface area contributed by atoms with Crippen LogP contribution in [0.5, 0.6) is 0 Å². The largest absolute Gasteiger partial charge is 0.310 e. The van der Waals surface area contributed by atoms with Gasteiger partial charge in [0, 0.05) is 23.5 Å². The van der Waals surface area contributed by atoms with Crippen LogP contribution >= 0.6 is 0 Å². The summed E-state index contributed by atoms with van der Waals surface area (Å²) in [6, 6.07) is 0.